The molecule has 2 aromatic rings. The summed E-state index contributed by atoms with van der Waals surface area (Å²) >= 11 is 0. The first-order valence-electron chi connectivity index (χ1n) is 11.8. The van der Waals surface area contributed by atoms with Crippen molar-refractivity contribution in [2.75, 3.05) is 24.6 Å². The molecular formula is C26H39N3O3. The van der Waals surface area contributed by atoms with Gasteiger partial charge >= 0.3 is 5.97 Å². The first-order valence-corrected chi connectivity index (χ1v) is 11.8. The molecule has 1 aromatic carbocycles. The summed E-state index contributed by atoms with van der Waals surface area (Å²) < 4.78 is 6.15. The predicted molar refractivity (Wildman–Crippen MR) is 131 cm³/mol. The van der Waals surface area contributed by atoms with Gasteiger partial charge in [0, 0.05) is 18.7 Å². The van der Waals surface area contributed by atoms with E-state index in [0.717, 1.165) is 55.7 Å². The normalized spacial score (nSPS) is 11.5. The van der Waals surface area contributed by atoms with E-state index in [4.69, 9.17) is 14.7 Å². The van der Waals surface area contributed by atoms with Crippen LogP contribution in [0.3, 0.4) is 0 Å². The van der Waals surface area contributed by atoms with Gasteiger partial charge in [-0.2, -0.15) is 4.98 Å². The van der Waals surface area contributed by atoms with E-state index in [1.54, 1.807) is 13.8 Å². The number of aryl methyl sites for hydroxylation is 3. The van der Waals surface area contributed by atoms with Crippen molar-refractivity contribution in [1.82, 2.24) is 9.97 Å². The Balaban J connectivity index is 2.68. The number of anilines is 1. The molecule has 32 heavy (non-hydrogen) atoms. The average molecular weight is 442 g/mol. The lowest BCUT2D eigenvalue weighted by Gasteiger charge is -2.28. The van der Waals surface area contributed by atoms with Crippen LogP contribution in [-0.4, -0.2) is 40.7 Å². The van der Waals surface area contributed by atoms with E-state index in [1.807, 2.05) is 6.92 Å². The van der Waals surface area contributed by atoms with Crippen molar-refractivity contribution in [3.05, 3.63) is 35.0 Å². The van der Waals surface area contributed by atoms with Crippen LogP contribution in [0, 0.1) is 12.3 Å². The minimum Gasteiger partial charge on any atom is -0.481 e. The Morgan fingerprint density at radius 3 is 2.06 bits per heavy atom. The van der Waals surface area contributed by atoms with Crippen molar-refractivity contribution in [2.45, 2.75) is 74.1 Å². The van der Waals surface area contributed by atoms with Gasteiger partial charge in [-0.15, -0.1) is 0 Å². The van der Waals surface area contributed by atoms with E-state index in [0.29, 0.717) is 11.7 Å². The molecule has 0 saturated heterocycles. The molecule has 2 rings (SSSR count). The molecule has 0 spiro atoms. The third-order valence-electron chi connectivity index (χ3n) is 5.70. The third kappa shape index (κ3) is 5.78. The van der Waals surface area contributed by atoms with Crippen molar-refractivity contribution in [2.24, 2.45) is 5.41 Å². The highest BCUT2D eigenvalue weighted by atomic mass is 16.5. The molecule has 0 unspecified atom stereocenters. The van der Waals surface area contributed by atoms with Gasteiger partial charge in [0.2, 0.25) is 5.88 Å². The Morgan fingerprint density at radius 2 is 1.59 bits per heavy atom. The average Bonchev–Trinajstić information content (AvgIpc) is 2.76. The first-order chi connectivity index (χ1) is 15.2. The first kappa shape index (κ1) is 25.6. The Hall–Kier alpha value is -2.63. The van der Waals surface area contributed by atoms with Crippen molar-refractivity contribution in [1.29, 1.82) is 0 Å². The third-order valence-corrected chi connectivity index (χ3v) is 5.70. The van der Waals surface area contributed by atoms with Crippen LogP contribution in [0.2, 0.25) is 0 Å². The van der Waals surface area contributed by atoms with E-state index in [1.165, 1.54) is 11.1 Å². The topological polar surface area (TPSA) is 75.5 Å². The summed E-state index contributed by atoms with van der Waals surface area (Å²) in [7, 11) is 0. The number of aliphatic carboxylic acids is 1. The predicted octanol–water partition coefficient (Wildman–Crippen LogP) is 5.69. The lowest BCUT2D eigenvalue weighted by atomic mass is 9.95. The zero-order valence-corrected chi connectivity index (χ0v) is 20.8. The maximum absolute atomic E-state index is 11.7. The second-order valence-electron chi connectivity index (χ2n) is 8.91. The molecule has 0 bridgehead atoms. The lowest BCUT2D eigenvalue weighted by molar-refractivity contribution is -0.148. The van der Waals surface area contributed by atoms with Gasteiger partial charge in [0.1, 0.15) is 12.3 Å². The lowest BCUT2D eigenvalue weighted by Crippen LogP contribution is -2.32. The van der Waals surface area contributed by atoms with Crippen molar-refractivity contribution in [3.63, 3.8) is 0 Å². The number of ether oxygens (including phenoxy) is 1. The molecule has 176 valence electrons. The fourth-order valence-electron chi connectivity index (χ4n) is 3.83. The zero-order valence-electron chi connectivity index (χ0n) is 20.8. The van der Waals surface area contributed by atoms with Gasteiger partial charge in [-0.25, -0.2) is 4.98 Å². The second kappa shape index (κ2) is 11.3. The van der Waals surface area contributed by atoms with Crippen molar-refractivity contribution < 1.29 is 14.6 Å². The van der Waals surface area contributed by atoms with Crippen LogP contribution in [0.4, 0.5) is 5.69 Å². The van der Waals surface area contributed by atoms with Crippen LogP contribution in [0.25, 0.3) is 11.4 Å². The Bertz CT molecular complexity index is 897. The molecule has 1 heterocycles. The molecule has 6 nitrogen and oxygen atoms in total. The molecule has 1 aromatic heterocycles. The fraction of sp³-hybridized carbons (Fsp3) is 0.577. The van der Waals surface area contributed by atoms with Gasteiger partial charge in [0.15, 0.2) is 5.82 Å². The smallest absolute Gasteiger partial charge is 0.312 e. The van der Waals surface area contributed by atoms with Gasteiger partial charge in [0.05, 0.1) is 11.1 Å². The maximum Gasteiger partial charge on any atom is 0.312 e. The highest BCUT2D eigenvalue weighted by molar-refractivity contribution is 5.74. The molecule has 0 amide bonds. The van der Waals surface area contributed by atoms with Crippen LogP contribution in [0.15, 0.2) is 18.2 Å². The van der Waals surface area contributed by atoms with Gasteiger partial charge in [-0.3, -0.25) is 4.79 Å². The Morgan fingerprint density at radius 1 is 1.03 bits per heavy atom. The fourth-order valence-corrected chi connectivity index (χ4v) is 3.83. The van der Waals surface area contributed by atoms with Gasteiger partial charge in [0.25, 0.3) is 0 Å². The minimum absolute atomic E-state index is 0.0351. The summed E-state index contributed by atoms with van der Waals surface area (Å²) in [6.07, 6.45) is 3.74. The molecule has 0 aliphatic rings. The molecule has 0 saturated carbocycles. The van der Waals surface area contributed by atoms with Gasteiger partial charge < -0.3 is 14.7 Å². The molecule has 0 radical (unpaired) electrons. The van der Waals surface area contributed by atoms with E-state index >= 15 is 0 Å². The SMILES string of the molecule is CCCN(CCC)c1c(C)nc(-c2c(CC)cccc2CC)nc1OCC(C)(C)C(=O)O. The van der Waals surface area contributed by atoms with Crippen molar-refractivity contribution >= 4 is 11.7 Å². The number of hydrogen-bond donors (Lipinski definition) is 1. The van der Waals surface area contributed by atoms with E-state index in [2.05, 4.69) is 50.8 Å². The summed E-state index contributed by atoms with van der Waals surface area (Å²) in [5, 5.41) is 9.57. The van der Waals surface area contributed by atoms with E-state index in [9.17, 15) is 9.90 Å². The highest BCUT2D eigenvalue weighted by Gasteiger charge is 2.30. The summed E-state index contributed by atoms with van der Waals surface area (Å²) in [5.74, 6) is 0.224. The number of carboxylic acids is 1. The molecule has 6 heteroatoms. The molecule has 1 N–H and O–H groups in total. The number of carbonyl (C=O) groups is 1. The summed E-state index contributed by atoms with van der Waals surface area (Å²) in [4.78, 5) is 23.8. The largest absolute Gasteiger partial charge is 0.481 e. The standard InChI is InChI=1S/C26H39N3O3/c1-8-15-29(16-9-2)22-18(5)27-23(21-19(10-3)13-12-14-20(21)11-4)28-24(22)32-17-26(6,7)25(30)31/h12-14H,8-11,15-17H2,1-7H3,(H,30,31). The van der Waals surface area contributed by atoms with Crippen LogP contribution >= 0.6 is 0 Å². The quantitative estimate of drug-likeness (QED) is 0.456. The summed E-state index contributed by atoms with van der Waals surface area (Å²) in [5.41, 5.74) is 4.16. The van der Waals surface area contributed by atoms with Crippen LogP contribution in [0.5, 0.6) is 5.88 Å². The number of hydrogen-bond acceptors (Lipinski definition) is 5. The van der Waals surface area contributed by atoms with Crippen LogP contribution < -0.4 is 9.64 Å². The maximum atomic E-state index is 11.7. The highest BCUT2D eigenvalue weighted by Crippen LogP contribution is 2.35. The molecule has 0 aliphatic heterocycles. The van der Waals surface area contributed by atoms with Crippen LogP contribution in [0.1, 0.15) is 71.2 Å². The summed E-state index contributed by atoms with van der Waals surface area (Å²) in [6.45, 7) is 15.7. The monoisotopic (exact) mass is 441 g/mol. The van der Waals surface area contributed by atoms with Gasteiger partial charge in [-0.1, -0.05) is 45.9 Å². The number of aromatic nitrogens is 2. The Labute approximate surface area is 193 Å². The number of nitrogens with zero attached hydrogens (tertiary/aromatic N) is 3. The zero-order chi connectivity index (χ0) is 23.9. The van der Waals surface area contributed by atoms with Crippen molar-refractivity contribution in [3.8, 4) is 17.3 Å². The number of carboxylic acid groups (broad SMARTS) is 1. The number of benzene rings is 1. The van der Waals surface area contributed by atoms with E-state index < -0.39 is 11.4 Å². The molecular weight excluding hydrogens is 402 g/mol. The van der Waals surface area contributed by atoms with Crippen LogP contribution in [-0.2, 0) is 17.6 Å². The van der Waals surface area contributed by atoms with E-state index in [-0.39, 0.29) is 6.61 Å². The Kier molecular flexibility index (Phi) is 9.05. The molecule has 0 atom stereocenters. The number of rotatable bonds is 12. The molecule has 0 aliphatic carbocycles. The van der Waals surface area contributed by atoms with Gasteiger partial charge in [-0.05, 0) is 57.6 Å². The minimum atomic E-state index is -1.02. The summed E-state index contributed by atoms with van der Waals surface area (Å²) in [6, 6.07) is 6.32. The second-order valence-corrected chi connectivity index (χ2v) is 8.91. The molecule has 0 fully saturated rings.